The van der Waals surface area contributed by atoms with Gasteiger partial charge in [-0.25, -0.2) is 4.98 Å². The van der Waals surface area contributed by atoms with Gasteiger partial charge in [-0.3, -0.25) is 19.2 Å². The van der Waals surface area contributed by atoms with Crippen molar-refractivity contribution in [3.8, 4) is 6.07 Å². The van der Waals surface area contributed by atoms with E-state index in [1.807, 2.05) is 6.07 Å². The lowest BCUT2D eigenvalue weighted by Gasteiger charge is -2.19. The highest BCUT2D eigenvalue weighted by molar-refractivity contribution is 6.10. The predicted molar refractivity (Wildman–Crippen MR) is 160 cm³/mol. The zero-order valence-electron chi connectivity index (χ0n) is 23.2. The fraction of sp³-hybridized carbons (Fsp3) is 0.125. The SMILES string of the molecule is CC(C)(C)C(=O)Nc1ccccc1NC(=O)c1cccc(C(=O)Nc2ccccc2NC(=O)c2ccc(C#N)cc2)n1. The summed E-state index contributed by atoms with van der Waals surface area (Å²) in [4.78, 5) is 55.6. The van der Waals surface area contributed by atoms with Crippen molar-refractivity contribution in [1.29, 1.82) is 5.26 Å². The number of nitrogens with zero attached hydrogens (tertiary/aromatic N) is 2. The molecule has 0 fully saturated rings. The number of carbonyl (C=O) groups is 4. The Balaban J connectivity index is 1.47. The summed E-state index contributed by atoms with van der Waals surface area (Å²) in [6, 6.07) is 26.0. The summed E-state index contributed by atoms with van der Waals surface area (Å²) in [6.07, 6.45) is 0. The molecule has 0 radical (unpaired) electrons. The van der Waals surface area contributed by atoms with Crippen molar-refractivity contribution in [2.24, 2.45) is 5.41 Å². The molecule has 10 heteroatoms. The second-order valence-electron chi connectivity index (χ2n) is 10.3. The van der Waals surface area contributed by atoms with E-state index >= 15 is 0 Å². The molecule has 42 heavy (non-hydrogen) atoms. The number of nitrogens with one attached hydrogen (secondary N) is 4. The van der Waals surface area contributed by atoms with E-state index in [1.165, 1.54) is 42.5 Å². The van der Waals surface area contributed by atoms with Gasteiger partial charge in [0.25, 0.3) is 17.7 Å². The van der Waals surface area contributed by atoms with Gasteiger partial charge in [-0.1, -0.05) is 51.1 Å². The molecule has 3 aromatic carbocycles. The Morgan fingerprint density at radius 1 is 0.595 bits per heavy atom. The number of rotatable bonds is 7. The molecule has 4 aromatic rings. The summed E-state index contributed by atoms with van der Waals surface area (Å²) in [5.74, 6) is -1.80. The van der Waals surface area contributed by atoms with Gasteiger partial charge in [0.1, 0.15) is 11.4 Å². The first-order chi connectivity index (χ1) is 20.0. The van der Waals surface area contributed by atoms with Crippen LogP contribution in [0.3, 0.4) is 0 Å². The molecule has 1 aromatic heterocycles. The minimum atomic E-state index is -0.633. The number of amides is 4. The summed E-state index contributed by atoms with van der Waals surface area (Å²) in [5.41, 5.74) is 1.59. The maximum atomic E-state index is 13.1. The molecule has 4 rings (SSSR count). The van der Waals surface area contributed by atoms with Gasteiger partial charge in [0.05, 0.1) is 34.4 Å². The lowest BCUT2D eigenvalue weighted by molar-refractivity contribution is -0.123. The largest absolute Gasteiger partial charge is 0.324 e. The minimum Gasteiger partial charge on any atom is -0.324 e. The first-order valence-electron chi connectivity index (χ1n) is 13.0. The number of nitriles is 1. The Labute approximate surface area is 242 Å². The second kappa shape index (κ2) is 12.6. The standard InChI is InChI=1S/C32H28N6O4/c1-32(2,3)31(42)38-25-12-7-6-11-24(25)37-30(41)27-14-8-13-26(34-27)29(40)36-23-10-5-4-9-22(23)35-28(39)21-17-15-20(19-33)16-18-21/h4-18H,1-3H3,(H,35,39)(H,36,40)(H,37,41)(H,38,42). The van der Waals surface area contributed by atoms with Crippen LogP contribution in [0.2, 0.25) is 0 Å². The molecule has 0 saturated heterocycles. The number of pyridine rings is 1. The summed E-state index contributed by atoms with van der Waals surface area (Å²) in [6.45, 7) is 5.35. The van der Waals surface area contributed by atoms with Gasteiger partial charge in [0.2, 0.25) is 5.91 Å². The average Bonchev–Trinajstić information content (AvgIpc) is 2.98. The Kier molecular flexibility index (Phi) is 8.73. The van der Waals surface area contributed by atoms with Crippen molar-refractivity contribution in [2.75, 3.05) is 21.3 Å². The topological polar surface area (TPSA) is 153 Å². The van der Waals surface area contributed by atoms with Crippen LogP contribution in [0.1, 0.15) is 57.7 Å². The van der Waals surface area contributed by atoms with E-state index in [0.717, 1.165) is 0 Å². The predicted octanol–water partition coefficient (Wildman–Crippen LogP) is 5.69. The minimum absolute atomic E-state index is 0.0120. The van der Waals surface area contributed by atoms with E-state index in [4.69, 9.17) is 5.26 Å². The molecule has 0 atom stereocenters. The number of benzene rings is 3. The van der Waals surface area contributed by atoms with E-state index in [1.54, 1.807) is 69.3 Å². The molecule has 10 nitrogen and oxygen atoms in total. The van der Waals surface area contributed by atoms with Crippen molar-refractivity contribution in [3.05, 3.63) is 114 Å². The zero-order valence-corrected chi connectivity index (χ0v) is 23.2. The van der Waals surface area contributed by atoms with Crippen molar-refractivity contribution in [3.63, 3.8) is 0 Å². The molecule has 4 amide bonds. The molecule has 0 aliphatic rings. The van der Waals surface area contributed by atoms with E-state index < -0.39 is 23.1 Å². The fourth-order valence-electron chi connectivity index (χ4n) is 3.66. The second-order valence-corrected chi connectivity index (χ2v) is 10.3. The number of hydrogen-bond donors (Lipinski definition) is 4. The molecule has 4 N–H and O–H groups in total. The van der Waals surface area contributed by atoms with Crippen LogP contribution in [-0.2, 0) is 4.79 Å². The normalized spacial score (nSPS) is 10.6. The lowest BCUT2D eigenvalue weighted by atomic mass is 9.95. The highest BCUT2D eigenvalue weighted by Crippen LogP contribution is 2.25. The number of carbonyl (C=O) groups excluding carboxylic acids is 4. The van der Waals surface area contributed by atoms with Crippen LogP contribution in [0.5, 0.6) is 0 Å². The van der Waals surface area contributed by atoms with E-state index in [9.17, 15) is 19.2 Å². The molecular formula is C32H28N6O4. The first-order valence-corrected chi connectivity index (χ1v) is 13.0. The molecule has 210 valence electrons. The molecule has 0 unspecified atom stereocenters. The van der Waals surface area contributed by atoms with Crippen LogP contribution in [-0.4, -0.2) is 28.6 Å². The summed E-state index contributed by atoms with van der Waals surface area (Å²) in [7, 11) is 0. The number of anilines is 4. The quantitative estimate of drug-likeness (QED) is 0.228. The van der Waals surface area contributed by atoms with Gasteiger partial charge in [0, 0.05) is 11.0 Å². The maximum Gasteiger partial charge on any atom is 0.274 e. The van der Waals surface area contributed by atoms with Crippen molar-refractivity contribution in [1.82, 2.24) is 4.98 Å². The van der Waals surface area contributed by atoms with Crippen molar-refractivity contribution >= 4 is 46.4 Å². The molecular weight excluding hydrogens is 532 g/mol. The van der Waals surface area contributed by atoms with Gasteiger partial charge in [-0.15, -0.1) is 0 Å². The summed E-state index contributed by atoms with van der Waals surface area (Å²) < 4.78 is 0. The molecule has 0 spiro atoms. The Hall–Kier alpha value is -5.82. The van der Waals surface area contributed by atoms with Crippen LogP contribution in [0, 0.1) is 16.7 Å². The maximum absolute atomic E-state index is 13.1. The van der Waals surface area contributed by atoms with Gasteiger partial charge in [-0.2, -0.15) is 5.26 Å². The smallest absolute Gasteiger partial charge is 0.274 e. The molecule has 1 heterocycles. The molecule has 0 aliphatic carbocycles. The van der Waals surface area contributed by atoms with Gasteiger partial charge in [0.15, 0.2) is 0 Å². The van der Waals surface area contributed by atoms with E-state index in [2.05, 4.69) is 26.3 Å². The third-order valence-electron chi connectivity index (χ3n) is 6.02. The van der Waals surface area contributed by atoms with Crippen LogP contribution >= 0.6 is 0 Å². The van der Waals surface area contributed by atoms with Crippen LogP contribution in [0.4, 0.5) is 22.7 Å². The molecule has 0 bridgehead atoms. The number of aromatic nitrogens is 1. The highest BCUT2D eigenvalue weighted by Gasteiger charge is 2.23. The van der Waals surface area contributed by atoms with Crippen LogP contribution in [0.15, 0.2) is 91.0 Å². The van der Waals surface area contributed by atoms with E-state index in [-0.39, 0.29) is 17.3 Å². The number of para-hydroxylation sites is 4. The van der Waals surface area contributed by atoms with Crippen molar-refractivity contribution < 1.29 is 19.2 Å². The van der Waals surface area contributed by atoms with Crippen LogP contribution < -0.4 is 21.3 Å². The van der Waals surface area contributed by atoms with E-state index in [0.29, 0.717) is 33.9 Å². The Morgan fingerprint density at radius 2 is 1.02 bits per heavy atom. The molecule has 0 saturated carbocycles. The number of hydrogen-bond acceptors (Lipinski definition) is 6. The van der Waals surface area contributed by atoms with Gasteiger partial charge in [-0.05, 0) is 60.7 Å². The monoisotopic (exact) mass is 560 g/mol. The Bertz CT molecular complexity index is 1700. The average molecular weight is 561 g/mol. The van der Waals surface area contributed by atoms with Crippen molar-refractivity contribution in [2.45, 2.75) is 20.8 Å². The first kappa shape index (κ1) is 29.2. The van der Waals surface area contributed by atoms with Gasteiger partial charge < -0.3 is 21.3 Å². The van der Waals surface area contributed by atoms with Gasteiger partial charge >= 0.3 is 0 Å². The third kappa shape index (κ3) is 7.22. The zero-order chi connectivity index (χ0) is 30.3. The van der Waals surface area contributed by atoms with Crippen LogP contribution in [0.25, 0.3) is 0 Å². The lowest BCUT2D eigenvalue weighted by Crippen LogP contribution is -2.28. The highest BCUT2D eigenvalue weighted by atomic mass is 16.2. The third-order valence-corrected chi connectivity index (χ3v) is 6.02. The summed E-state index contributed by atoms with van der Waals surface area (Å²) >= 11 is 0. The Morgan fingerprint density at radius 3 is 1.45 bits per heavy atom. The summed E-state index contributed by atoms with van der Waals surface area (Å²) in [5, 5.41) is 20.0. The molecule has 0 aliphatic heterocycles. The fourth-order valence-corrected chi connectivity index (χ4v) is 3.66.